The van der Waals surface area contributed by atoms with Crippen molar-refractivity contribution >= 4 is 11.6 Å². The highest BCUT2D eigenvalue weighted by Gasteiger charge is 2.10. The summed E-state index contributed by atoms with van der Waals surface area (Å²) in [5, 5.41) is 15.8. The first kappa shape index (κ1) is 14.7. The maximum atomic E-state index is 9.32. The normalized spacial score (nSPS) is 12.3. The van der Waals surface area contributed by atoms with Crippen molar-refractivity contribution in [3.63, 3.8) is 0 Å². The first-order chi connectivity index (χ1) is 8.58. The summed E-state index contributed by atoms with van der Waals surface area (Å²) >= 11 is 0. The van der Waals surface area contributed by atoms with E-state index < -0.39 is 6.10 Å². The van der Waals surface area contributed by atoms with Gasteiger partial charge in [-0.15, -0.1) is 0 Å². The summed E-state index contributed by atoms with van der Waals surface area (Å²) in [4.78, 5) is 8.95. The lowest BCUT2D eigenvalue weighted by Crippen LogP contribution is -2.18. The second-order valence-electron chi connectivity index (χ2n) is 4.47. The van der Waals surface area contributed by atoms with Crippen molar-refractivity contribution in [3.8, 4) is 0 Å². The van der Waals surface area contributed by atoms with Gasteiger partial charge in [-0.1, -0.05) is 13.8 Å². The standard InChI is InChI=1S/C13H24N4O/c1-5-7-14-12-10(4)13(15-8-9(3)18)17-11(6-2)16-12/h9,18H,5-8H2,1-4H3,(H2,14,15,16,17). The van der Waals surface area contributed by atoms with E-state index >= 15 is 0 Å². The van der Waals surface area contributed by atoms with Crippen molar-refractivity contribution in [2.45, 2.75) is 46.6 Å². The number of nitrogens with one attached hydrogen (secondary N) is 2. The lowest BCUT2D eigenvalue weighted by Gasteiger charge is -2.15. The van der Waals surface area contributed by atoms with Crippen molar-refractivity contribution in [1.29, 1.82) is 0 Å². The van der Waals surface area contributed by atoms with E-state index in [9.17, 15) is 5.11 Å². The summed E-state index contributed by atoms with van der Waals surface area (Å²) in [6.45, 7) is 9.29. The molecule has 5 nitrogen and oxygen atoms in total. The average Bonchev–Trinajstić information content (AvgIpc) is 2.35. The molecule has 0 fully saturated rings. The first-order valence-corrected chi connectivity index (χ1v) is 6.61. The van der Waals surface area contributed by atoms with Crippen molar-refractivity contribution in [2.24, 2.45) is 0 Å². The Bertz CT molecular complexity index is 379. The van der Waals surface area contributed by atoms with Gasteiger partial charge in [-0.3, -0.25) is 0 Å². The Morgan fingerprint density at radius 1 is 1.17 bits per heavy atom. The van der Waals surface area contributed by atoms with E-state index in [2.05, 4.69) is 27.5 Å². The van der Waals surface area contributed by atoms with Crippen LogP contribution >= 0.6 is 0 Å². The molecule has 18 heavy (non-hydrogen) atoms. The van der Waals surface area contributed by atoms with Crippen LogP contribution in [0.1, 0.15) is 38.6 Å². The topological polar surface area (TPSA) is 70.1 Å². The van der Waals surface area contributed by atoms with Crippen LogP contribution in [0.3, 0.4) is 0 Å². The first-order valence-electron chi connectivity index (χ1n) is 6.61. The van der Waals surface area contributed by atoms with Gasteiger partial charge < -0.3 is 15.7 Å². The van der Waals surface area contributed by atoms with Crippen LogP contribution in [-0.4, -0.2) is 34.3 Å². The van der Waals surface area contributed by atoms with Crippen molar-refractivity contribution in [3.05, 3.63) is 11.4 Å². The molecule has 0 amide bonds. The van der Waals surface area contributed by atoms with E-state index in [1.54, 1.807) is 6.92 Å². The molecule has 102 valence electrons. The van der Waals surface area contributed by atoms with Gasteiger partial charge >= 0.3 is 0 Å². The van der Waals surface area contributed by atoms with Crippen LogP contribution in [0, 0.1) is 6.92 Å². The molecule has 0 aliphatic heterocycles. The number of nitrogens with zero attached hydrogens (tertiary/aromatic N) is 2. The van der Waals surface area contributed by atoms with Crippen molar-refractivity contribution < 1.29 is 5.11 Å². The van der Waals surface area contributed by atoms with Gasteiger partial charge in [-0.05, 0) is 20.3 Å². The minimum atomic E-state index is -0.392. The monoisotopic (exact) mass is 252 g/mol. The van der Waals surface area contributed by atoms with E-state index in [-0.39, 0.29) is 0 Å². The van der Waals surface area contributed by atoms with Crippen LogP contribution < -0.4 is 10.6 Å². The zero-order valence-electron chi connectivity index (χ0n) is 11.7. The molecule has 1 atom stereocenters. The molecule has 0 aliphatic rings. The van der Waals surface area contributed by atoms with Crippen LogP contribution in [0.5, 0.6) is 0 Å². The third-order valence-electron chi connectivity index (χ3n) is 2.62. The second kappa shape index (κ2) is 7.16. The Labute approximate surface area is 109 Å². The lowest BCUT2D eigenvalue weighted by molar-refractivity contribution is 0.208. The summed E-state index contributed by atoms with van der Waals surface area (Å²) in [6, 6.07) is 0. The number of hydrogen-bond donors (Lipinski definition) is 3. The van der Waals surface area contributed by atoms with Crippen molar-refractivity contribution in [1.82, 2.24) is 9.97 Å². The average molecular weight is 252 g/mol. The molecule has 0 aromatic carbocycles. The van der Waals surface area contributed by atoms with E-state index in [0.717, 1.165) is 42.4 Å². The minimum absolute atomic E-state index is 0.392. The second-order valence-corrected chi connectivity index (χ2v) is 4.47. The van der Waals surface area contributed by atoms with E-state index in [1.165, 1.54) is 0 Å². The molecule has 3 N–H and O–H groups in total. The maximum absolute atomic E-state index is 9.32. The lowest BCUT2D eigenvalue weighted by atomic mass is 10.2. The molecule has 1 unspecified atom stereocenters. The van der Waals surface area contributed by atoms with Gasteiger partial charge in [0.25, 0.3) is 0 Å². The highest BCUT2D eigenvalue weighted by molar-refractivity contribution is 5.57. The molecule has 1 rings (SSSR count). The fourth-order valence-electron chi connectivity index (χ4n) is 1.55. The Morgan fingerprint density at radius 2 is 1.78 bits per heavy atom. The quantitative estimate of drug-likeness (QED) is 0.692. The summed E-state index contributed by atoms with van der Waals surface area (Å²) < 4.78 is 0. The van der Waals surface area contributed by atoms with E-state index in [4.69, 9.17) is 0 Å². The molecule has 0 saturated heterocycles. The number of hydrogen-bond acceptors (Lipinski definition) is 5. The van der Waals surface area contributed by atoms with Crippen LogP contribution in [-0.2, 0) is 6.42 Å². The number of rotatable bonds is 7. The molecular weight excluding hydrogens is 228 g/mol. The van der Waals surface area contributed by atoms with Crippen LogP contribution in [0.2, 0.25) is 0 Å². The fourth-order valence-corrected chi connectivity index (χ4v) is 1.55. The number of aliphatic hydroxyl groups is 1. The Kier molecular flexibility index (Phi) is 5.85. The van der Waals surface area contributed by atoms with Crippen LogP contribution in [0.15, 0.2) is 0 Å². The predicted molar refractivity (Wildman–Crippen MR) is 75.1 cm³/mol. The molecule has 0 spiro atoms. The van der Waals surface area contributed by atoms with Gasteiger partial charge in [0.1, 0.15) is 17.5 Å². The third kappa shape index (κ3) is 4.14. The minimum Gasteiger partial charge on any atom is -0.392 e. The van der Waals surface area contributed by atoms with Crippen molar-refractivity contribution in [2.75, 3.05) is 23.7 Å². The highest BCUT2D eigenvalue weighted by atomic mass is 16.3. The predicted octanol–water partition coefficient (Wildman–Crippen LogP) is 1.96. The van der Waals surface area contributed by atoms with Gasteiger partial charge in [0, 0.05) is 25.1 Å². The molecule has 0 aliphatic carbocycles. The Morgan fingerprint density at radius 3 is 2.28 bits per heavy atom. The van der Waals surface area contributed by atoms with Gasteiger partial charge in [0.15, 0.2) is 0 Å². The SMILES string of the molecule is CCCNc1nc(CC)nc(NCC(C)O)c1C. The van der Waals surface area contributed by atoms with E-state index in [0.29, 0.717) is 6.54 Å². The smallest absolute Gasteiger partial charge is 0.134 e. The molecule has 0 bridgehead atoms. The Hall–Kier alpha value is -1.36. The number of aliphatic hydroxyl groups excluding tert-OH is 1. The molecular formula is C13H24N4O. The maximum Gasteiger partial charge on any atom is 0.134 e. The molecule has 1 heterocycles. The summed E-state index contributed by atoms with van der Waals surface area (Å²) in [6.07, 6.45) is 1.46. The molecule has 1 aromatic rings. The van der Waals surface area contributed by atoms with Gasteiger partial charge in [-0.2, -0.15) is 0 Å². The highest BCUT2D eigenvalue weighted by Crippen LogP contribution is 2.20. The molecule has 0 radical (unpaired) electrons. The molecule has 5 heteroatoms. The zero-order chi connectivity index (χ0) is 13.5. The number of aromatic nitrogens is 2. The fraction of sp³-hybridized carbons (Fsp3) is 0.692. The largest absolute Gasteiger partial charge is 0.392 e. The third-order valence-corrected chi connectivity index (χ3v) is 2.62. The zero-order valence-corrected chi connectivity index (χ0v) is 11.7. The van der Waals surface area contributed by atoms with Crippen LogP contribution in [0.25, 0.3) is 0 Å². The molecule has 0 saturated carbocycles. The number of anilines is 2. The van der Waals surface area contributed by atoms with E-state index in [1.807, 2.05) is 13.8 Å². The number of aryl methyl sites for hydroxylation is 1. The summed E-state index contributed by atoms with van der Waals surface area (Å²) in [7, 11) is 0. The van der Waals surface area contributed by atoms with Crippen LogP contribution in [0.4, 0.5) is 11.6 Å². The van der Waals surface area contributed by atoms with Gasteiger partial charge in [-0.25, -0.2) is 9.97 Å². The summed E-state index contributed by atoms with van der Waals surface area (Å²) in [5.74, 6) is 2.51. The Balaban J connectivity index is 2.92. The molecule has 1 aromatic heterocycles. The van der Waals surface area contributed by atoms with Gasteiger partial charge in [0.2, 0.25) is 0 Å². The van der Waals surface area contributed by atoms with Gasteiger partial charge in [0.05, 0.1) is 6.10 Å². The summed E-state index contributed by atoms with van der Waals surface area (Å²) in [5.41, 5.74) is 1.00.